The van der Waals surface area contributed by atoms with Gasteiger partial charge in [-0.1, -0.05) is 42.3 Å². The zero-order valence-corrected chi connectivity index (χ0v) is 15.8. The number of nitrogens with two attached hydrogens (primary N) is 1. The van der Waals surface area contributed by atoms with Crippen molar-refractivity contribution in [2.45, 2.75) is 50.7 Å². The number of urea groups is 1. The van der Waals surface area contributed by atoms with Crippen molar-refractivity contribution in [3.63, 3.8) is 0 Å². The molecule has 1 saturated heterocycles. The molecular formula is C18H22ClN5O3. The van der Waals surface area contributed by atoms with Crippen LogP contribution in [0.1, 0.15) is 50.1 Å². The van der Waals surface area contributed by atoms with E-state index >= 15 is 0 Å². The third-order valence-electron chi connectivity index (χ3n) is 5.28. The highest BCUT2D eigenvalue weighted by molar-refractivity contribution is 6.07. The number of rotatable bonds is 4. The van der Waals surface area contributed by atoms with E-state index in [1.165, 1.54) is 4.90 Å². The summed E-state index contributed by atoms with van der Waals surface area (Å²) in [6, 6.07) is 6.51. The number of nitrogens with zero attached hydrogens (tertiary/aromatic N) is 3. The van der Waals surface area contributed by atoms with Crippen LogP contribution >= 0.6 is 12.4 Å². The molecule has 1 aromatic heterocycles. The molecule has 2 heterocycles. The first kappa shape index (κ1) is 19.3. The molecule has 1 unspecified atom stereocenters. The predicted molar refractivity (Wildman–Crippen MR) is 99.9 cm³/mol. The van der Waals surface area contributed by atoms with Crippen LogP contribution in [0, 0.1) is 0 Å². The van der Waals surface area contributed by atoms with Crippen molar-refractivity contribution in [1.29, 1.82) is 0 Å². The lowest BCUT2D eigenvalue weighted by Crippen LogP contribution is -2.44. The molecule has 1 aliphatic heterocycles. The maximum absolute atomic E-state index is 12.8. The first-order valence-corrected chi connectivity index (χ1v) is 8.83. The molecule has 1 spiro atoms. The van der Waals surface area contributed by atoms with Gasteiger partial charge in [0.1, 0.15) is 11.6 Å². The summed E-state index contributed by atoms with van der Waals surface area (Å²) in [5.41, 5.74) is 6.65. The zero-order chi connectivity index (χ0) is 18.3. The van der Waals surface area contributed by atoms with Gasteiger partial charge in [0.05, 0.1) is 0 Å². The molecule has 1 aliphatic carbocycles. The molecule has 1 atom stereocenters. The lowest BCUT2D eigenvalue weighted by molar-refractivity contribution is -0.132. The summed E-state index contributed by atoms with van der Waals surface area (Å²) < 4.78 is 5.34. The summed E-state index contributed by atoms with van der Waals surface area (Å²) in [5, 5.41) is 6.85. The van der Waals surface area contributed by atoms with Crippen LogP contribution < -0.4 is 11.1 Å². The van der Waals surface area contributed by atoms with Gasteiger partial charge in [-0.05, 0) is 25.3 Å². The standard InChI is InChI=1S/C18H21N5O3.ClH/c1-11(23-16(24)18(21-17(23)25)8-2-3-9-18)15-20-14(22-26-15)13-6-4-12(10-19)5-7-13;/h4-7,11H,2-3,8-10,19H2,1H3,(H,21,25);1H. The molecule has 4 rings (SSSR count). The van der Waals surface area contributed by atoms with E-state index in [2.05, 4.69) is 15.5 Å². The van der Waals surface area contributed by atoms with Crippen molar-refractivity contribution in [3.8, 4) is 11.4 Å². The number of imide groups is 1. The largest absolute Gasteiger partial charge is 0.337 e. The number of hydrogen-bond acceptors (Lipinski definition) is 6. The van der Waals surface area contributed by atoms with Gasteiger partial charge in [0, 0.05) is 12.1 Å². The summed E-state index contributed by atoms with van der Waals surface area (Å²) in [6.45, 7) is 2.18. The van der Waals surface area contributed by atoms with E-state index in [1.807, 2.05) is 24.3 Å². The highest BCUT2D eigenvalue weighted by Crippen LogP contribution is 2.38. The Morgan fingerprint density at radius 2 is 1.93 bits per heavy atom. The molecule has 8 nitrogen and oxygen atoms in total. The second-order valence-corrected chi connectivity index (χ2v) is 6.93. The fourth-order valence-corrected chi connectivity index (χ4v) is 3.73. The first-order valence-electron chi connectivity index (χ1n) is 8.83. The van der Waals surface area contributed by atoms with Crippen molar-refractivity contribution in [3.05, 3.63) is 35.7 Å². The van der Waals surface area contributed by atoms with Crippen LogP contribution in [0.25, 0.3) is 11.4 Å². The molecular weight excluding hydrogens is 370 g/mol. The highest BCUT2D eigenvalue weighted by Gasteiger charge is 2.54. The van der Waals surface area contributed by atoms with Gasteiger partial charge in [-0.15, -0.1) is 12.4 Å². The number of halogens is 1. The Morgan fingerprint density at radius 1 is 1.26 bits per heavy atom. The number of carbonyl (C=O) groups is 2. The fraction of sp³-hybridized carbons (Fsp3) is 0.444. The Morgan fingerprint density at radius 3 is 2.56 bits per heavy atom. The van der Waals surface area contributed by atoms with Gasteiger partial charge >= 0.3 is 6.03 Å². The number of carbonyl (C=O) groups excluding carboxylic acids is 2. The van der Waals surface area contributed by atoms with Crippen LogP contribution in [0.2, 0.25) is 0 Å². The van der Waals surface area contributed by atoms with E-state index in [-0.39, 0.29) is 24.2 Å². The SMILES string of the molecule is CC(c1nc(-c2ccc(CN)cc2)no1)N1C(=O)NC2(CCCC2)C1=O.Cl. The Bertz CT molecular complexity index is 845. The van der Waals surface area contributed by atoms with Gasteiger partial charge in [0.25, 0.3) is 5.91 Å². The van der Waals surface area contributed by atoms with E-state index in [4.69, 9.17) is 10.3 Å². The minimum absolute atomic E-state index is 0. The Kier molecular flexibility index (Phi) is 5.21. The molecule has 0 bridgehead atoms. The number of benzene rings is 1. The minimum atomic E-state index is -0.744. The number of hydrogen-bond donors (Lipinski definition) is 2. The Hall–Kier alpha value is -2.45. The lowest BCUT2D eigenvalue weighted by Gasteiger charge is -2.22. The smallest absolute Gasteiger partial charge is 0.325 e. The third kappa shape index (κ3) is 3.19. The average Bonchev–Trinajstić information content (AvgIpc) is 3.36. The van der Waals surface area contributed by atoms with Crippen LogP contribution in [-0.4, -0.2) is 32.5 Å². The molecule has 3 N–H and O–H groups in total. The summed E-state index contributed by atoms with van der Waals surface area (Å²) in [4.78, 5) is 30.8. The van der Waals surface area contributed by atoms with E-state index in [1.54, 1.807) is 6.92 Å². The topological polar surface area (TPSA) is 114 Å². The van der Waals surface area contributed by atoms with Crippen molar-refractivity contribution in [1.82, 2.24) is 20.4 Å². The van der Waals surface area contributed by atoms with Crippen molar-refractivity contribution >= 4 is 24.3 Å². The molecule has 2 fully saturated rings. The quantitative estimate of drug-likeness (QED) is 0.774. The second kappa shape index (κ2) is 7.28. The molecule has 0 radical (unpaired) electrons. The molecule has 1 saturated carbocycles. The van der Waals surface area contributed by atoms with Gasteiger partial charge in [-0.25, -0.2) is 9.69 Å². The summed E-state index contributed by atoms with van der Waals surface area (Å²) in [7, 11) is 0. The minimum Gasteiger partial charge on any atom is -0.337 e. The van der Waals surface area contributed by atoms with E-state index < -0.39 is 17.6 Å². The molecule has 1 aromatic carbocycles. The van der Waals surface area contributed by atoms with E-state index in [9.17, 15) is 9.59 Å². The number of aromatic nitrogens is 2. The molecule has 2 aromatic rings. The maximum Gasteiger partial charge on any atom is 0.325 e. The summed E-state index contributed by atoms with van der Waals surface area (Å²) in [5.74, 6) is 0.457. The van der Waals surface area contributed by atoms with Crippen LogP contribution in [0.4, 0.5) is 4.79 Å². The summed E-state index contributed by atoms with van der Waals surface area (Å²) in [6.07, 6.45) is 3.25. The van der Waals surface area contributed by atoms with Gasteiger partial charge < -0.3 is 15.6 Å². The molecule has 27 heavy (non-hydrogen) atoms. The monoisotopic (exact) mass is 391 g/mol. The van der Waals surface area contributed by atoms with E-state index in [0.29, 0.717) is 25.2 Å². The van der Waals surface area contributed by atoms with Gasteiger partial charge in [0.2, 0.25) is 11.7 Å². The van der Waals surface area contributed by atoms with Crippen LogP contribution in [0.3, 0.4) is 0 Å². The van der Waals surface area contributed by atoms with Crippen molar-refractivity contribution in [2.24, 2.45) is 5.73 Å². The van der Waals surface area contributed by atoms with Gasteiger partial charge in [-0.2, -0.15) is 4.98 Å². The lowest BCUT2D eigenvalue weighted by atomic mass is 9.98. The van der Waals surface area contributed by atoms with Gasteiger partial charge in [0.15, 0.2) is 0 Å². The normalized spacial score (nSPS) is 19.3. The molecule has 9 heteroatoms. The average molecular weight is 392 g/mol. The van der Waals surface area contributed by atoms with Crippen LogP contribution in [0.15, 0.2) is 28.8 Å². The predicted octanol–water partition coefficient (Wildman–Crippen LogP) is 2.54. The fourth-order valence-electron chi connectivity index (χ4n) is 3.73. The Balaban J connectivity index is 0.00000210. The van der Waals surface area contributed by atoms with E-state index in [0.717, 1.165) is 24.0 Å². The summed E-state index contributed by atoms with van der Waals surface area (Å²) >= 11 is 0. The van der Waals surface area contributed by atoms with Crippen molar-refractivity contribution in [2.75, 3.05) is 0 Å². The number of amides is 3. The van der Waals surface area contributed by atoms with Crippen LogP contribution in [0.5, 0.6) is 0 Å². The first-order chi connectivity index (χ1) is 12.5. The maximum atomic E-state index is 12.8. The number of nitrogens with one attached hydrogen (secondary N) is 1. The second-order valence-electron chi connectivity index (χ2n) is 6.93. The van der Waals surface area contributed by atoms with Crippen molar-refractivity contribution < 1.29 is 14.1 Å². The molecule has 2 aliphatic rings. The third-order valence-corrected chi connectivity index (χ3v) is 5.28. The Labute approximate surface area is 162 Å². The van der Waals surface area contributed by atoms with Gasteiger partial charge in [-0.3, -0.25) is 4.79 Å². The molecule has 144 valence electrons. The highest BCUT2D eigenvalue weighted by atomic mass is 35.5. The molecule has 3 amide bonds. The van der Waals surface area contributed by atoms with Crippen LogP contribution in [-0.2, 0) is 11.3 Å². The zero-order valence-electron chi connectivity index (χ0n) is 15.0.